The van der Waals surface area contributed by atoms with Gasteiger partial charge in [0.25, 0.3) is 11.5 Å². The fraction of sp³-hybridized carbons (Fsp3) is 0.409. The van der Waals surface area contributed by atoms with Crippen molar-refractivity contribution < 1.29 is 4.79 Å². The highest BCUT2D eigenvalue weighted by Gasteiger charge is 2.21. The van der Waals surface area contributed by atoms with Crippen LogP contribution in [0.1, 0.15) is 58.9 Å². The van der Waals surface area contributed by atoms with Crippen LogP contribution in [0.15, 0.2) is 35.3 Å². The standard InChI is InChI=1S/C22H27N5O2/c1-14-10-15(11-23-2)18(22(29)26-14)12-24-21(28)17-8-5-9-20-19(17)13-25-27(20)16-6-3-4-7-16/h5,8-10,13,16,23H,3-4,6-7,11-12H2,1-2H3,(H,24,28)(H,26,29). The molecule has 7 heteroatoms. The number of nitrogens with zero attached hydrogens (tertiary/aromatic N) is 2. The van der Waals surface area contributed by atoms with E-state index < -0.39 is 0 Å². The summed E-state index contributed by atoms with van der Waals surface area (Å²) in [6, 6.07) is 8.08. The molecule has 3 N–H and O–H groups in total. The molecule has 29 heavy (non-hydrogen) atoms. The summed E-state index contributed by atoms with van der Waals surface area (Å²) in [7, 11) is 1.83. The molecular formula is C22H27N5O2. The van der Waals surface area contributed by atoms with Gasteiger partial charge in [0, 0.05) is 29.7 Å². The Balaban J connectivity index is 1.58. The second-order valence-electron chi connectivity index (χ2n) is 7.76. The maximum atomic E-state index is 12.9. The lowest BCUT2D eigenvalue weighted by atomic mass is 10.1. The normalized spacial score (nSPS) is 14.6. The van der Waals surface area contributed by atoms with Crippen molar-refractivity contribution in [1.29, 1.82) is 0 Å². The lowest BCUT2D eigenvalue weighted by molar-refractivity contribution is 0.0952. The lowest BCUT2D eigenvalue weighted by Gasteiger charge is -2.13. The van der Waals surface area contributed by atoms with Crippen molar-refractivity contribution in [3.63, 3.8) is 0 Å². The van der Waals surface area contributed by atoms with Gasteiger partial charge in [-0.15, -0.1) is 0 Å². The van der Waals surface area contributed by atoms with Crippen LogP contribution in [-0.2, 0) is 13.1 Å². The lowest BCUT2D eigenvalue weighted by Crippen LogP contribution is -2.29. The van der Waals surface area contributed by atoms with Crippen molar-refractivity contribution in [1.82, 2.24) is 25.4 Å². The van der Waals surface area contributed by atoms with Crippen molar-refractivity contribution in [2.45, 2.75) is 51.7 Å². The summed E-state index contributed by atoms with van der Waals surface area (Å²) < 4.78 is 2.06. The minimum Gasteiger partial charge on any atom is -0.348 e. The molecule has 0 saturated heterocycles. The average Bonchev–Trinajstić information content (AvgIpc) is 3.36. The molecule has 7 nitrogen and oxygen atoms in total. The van der Waals surface area contributed by atoms with E-state index in [0.717, 1.165) is 35.0 Å². The fourth-order valence-corrected chi connectivity index (χ4v) is 4.30. The predicted molar refractivity (Wildman–Crippen MR) is 113 cm³/mol. The maximum Gasteiger partial charge on any atom is 0.253 e. The molecule has 2 aromatic heterocycles. The molecule has 1 aliphatic rings. The van der Waals surface area contributed by atoms with Crippen LogP contribution < -0.4 is 16.2 Å². The highest BCUT2D eigenvalue weighted by atomic mass is 16.1. The van der Waals surface area contributed by atoms with Crippen LogP contribution in [0, 0.1) is 6.92 Å². The molecule has 0 spiro atoms. The van der Waals surface area contributed by atoms with Crippen LogP contribution in [0.5, 0.6) is 0 Å². The van der Waals surface area contributed by atoms with Crippen molar-refractivity contribution in [2.75, 3.05) is 7.05 Å². The third kappa shape index (κ3) is 3.82. The van der Waals surface area contributed by atoms with Crippen LogP contribution in [-0.4, -0.2) is 27.7 Å². The van der Waals surface area contributed by atoms with E-state index in [4.69, 9.17) is 0 Å². The third-order valence-corrected chi connectivity index (χ3v) is 5.71. The number of aromatic nitrogens is 3. The summed E-state index contributed by atoms with van der Waals surface area (Å²) in [4.78, 5) is 28.2. The Labute approximate surface area is 169 Å². The third-order valence-electron chi connectivity index (χ3n) is 5.71. The van der Waals surface area contributed by atoms with Gasteiger partial charge in [0.1, 0.15) is 0 Å². The SMILES string of the molecule is CNCc1cc(C)[nH]c(=O)c1CNC(=O)c1cccc2c1cnn2C1CCCC1. The van der Waals surface area contributed by atoms with Gasteiger partial charge in [-0.2, -0.15) is 5.10 Å². The number of fused-ring (bicyclic) bond motifs is 1. The predicted octanol–water partition coefficient (Wildman–Crippen LogP) is 2.80. The first kappa shape index (κ1) is 19.4. The molecule has 1 fully saturated rings. The number of amides is 1. The molecule has 0 aliphatic heterocycles. The van der Waals surface area contributed by atoms with Gasteiger partial charge < -0.3 is 15.6 Å². The molecule has 2 heterocycles. The number of nitrogens with one attached hydrogen (secondary N) is 3. The van der Waals surface area contributed by atoms with E-state index in [1.807, 2.05) is 38.2 Å². The van der Waals surface area contributed by atoms with Gasteiger partial charge in [0.2, 0.25) is 0 Å². The minimum absolute atomic E-state index is 0.164. The van der Waals surface area contributed by atoms with E-state index in [2.05, 4.69) is 25.4 Å². The molecular weight excluding hydrogens is 366 g/mol. The number of carbonyl (C=O) groups excluding carboxylic acids is 1. The second kappa shape index (κ2) is 8.21. The topological polar surface area (TPSA) is 91.8 Å². The Kier molecular flexibility index (Phi) is 5.49. The molecule has 1 amide bonds. The largest absolute Gasteiger partial charge is 0.348 e. The minimum atomic E-state index is -0.197. The van der Waals surface area contributed by atoms with Gasteiger partial charge in [-0.1, -0.05) is 18.9 Å². The van der Waals surface area contributed by atoms with Crippen LogP contribution in [0.2, 0.25) is 0 Å². The number of hydrogen-bond donors (Lipinski definition) is 3. The fourth-order valence-electron chi connectivity index (χ4n) is 4.30. The van der Waals surface area contributed by atoms with E-state index in [-0.39, 0.29) is 18.0 Å². The number of hydrogen-bond acceptors (Lipinski definition) is 4. The van der Waals surface area contributed by atoms with Crippen LogP contribution in [0.3, 0.4) is 0 Å². The maximum absolute atomic E-state index is 12.9. The Hall–Kier alpha value is -2.93. The van der Waals surface area contributed by atoms with Gasteiger partial charge in [0.15, 0.2) is 0 Å². The molecule has 0 bridgehead atoms. The van der Waals surface area contributed by atoms with E-state index in [0.29, 0.717) is 23.7 Å². The molecule has 152 valence electrons. The Morgan fingerprint density at radius 1 is 1.28 bits per heavy atom. The molecule has 1 aliphatic carbocycles. The molecule has 1 saturated carbocycles. The van der Waals surface area contributed by atoms with Crippen LogP contribution in [0.25, 0.3) is 10.9 Å². The van der Waals surface area contributed by atoms with Crippen molar-refractivity contribution >= 4 is 16.8 Å². The molecule has 0 atom stereocenters. The van der Waals surface area contributed by atoms with Gasteiger partial charge in [-0.25, -0.2) is 0 Å². The van der Waals surface area contributed by atoms with Crippen molar-refractivity contribution in [3.8, 4) is 0 Å². The average molecular weight is 393 g/mol. The number of rotatable bonds is 6. The monoisotopic (exact) mass is 393 g/mol. The number of aromatic amines is 1. The van der Waals surface area contributed by atoms with Crippen LogP contribution in [0.4, 0.5) is 0 Å². The summed E-state index contributed by atoms with van der Waals surface area (Å²) in [5, 5.41) is 11.4. The summed E-state index contributed by atoms with van der Waals surface area (Å²) in [5.41, 5.74) is 3.69. The Morgan fingerprint density at radius 2 is 2.07 bits per heavy atom. The van der Waals surface area contributed by atoms with Gasteiger partial charge >= 0.3 is 0 Å². The zero-order valence-electron chi connectivity index (χ0n) is 16.9. The van der Waals surface area contributed by atoms with Crippen molar-refractivity contribution in [3.05, 3.63) is 63.2 Å². The number of aryl methyl sites for hydroxylation is 1. The summed E-state index contributed by atoms with van der Waals surface area (Å²) in [6.07, 6.45) is 6.52. The summed E-state index contributed by atoms with van der Waals surface area (Å²) in [6.45, 7) is 2.60. The zero-order chi connectivity index (χ0) is 20.4. The number of H-pyrrole nitrogens is 1. The highest BCUT2D eigenvalue weighted by Crippen LogP contribution is 2.32. The first-order valence-corrected chi connectivity index (χ1v) is 10.2. The molecule has 0 unspecified atom stereocenters. The van der Waals surface area contributed by atoms with Crippen LogP contribution >= 0.6 is 0 Å². The van der Waals surface area contributed by atoms with Gasteiger partial charge in [0.05, 0.1) is 23.3 Å². The quantitative estimate of drug-likeness (QED) is 0.600. The first-order valence-electron chi connectivity index (χ1n) is 10.2. The van der Waals surface area contributed by atoms with E-state index in [1.54, 1.807) is 6.20 Å². The Morgan fingerprint density at radius 3 is 2.83 bits per heavy atom. The molecule has 4 rings (SSSR count). The van der Waals surface area contributed by atoms with Gasteiger partial charge in [-0.3, -0.25) is 14.3 Å². The van der Waals surface area contributed by atoms with E-state index in [1.165, 1.54) is 12.8 Å². The van der Waals surface area contributed by atoms with Crippen molar-refractivity contribution in [2.24, 2.45) is 0 Å². The summed E-state index contributed by atoms with van der Waals surface area (Å²) >= 11 is 0. The summed E-state index contributed by atoms with van der Waals surface area (Å²) in [5.74, 6) is -0.197. The smallest absolute Gasteiger partial charge is 0.253 e. The highest BCUT2D eigenvalue weighted by molar-refractivity contribution is 6.06. The number of pyridine rings is 1. The number of benzene rings is 1. The van der Waals surface area contributed by atoms with E-state index >= 15 is 0 Å². The molecule has 3 aromatic rings. The van der Waals surface area contributed by atoms with E-state index in [9.17, 15) is 9.59 Å². The molecule has 0 radical (unpaired) electrons. The molecule has 1 aromatic carbocycles. The Bertz CT molecular complexity index is 1090. The van der Waals surface area contributed by atoms with Gasteiger partial charge in [-0.05, 0) is 50.6 Å². The first-order chi connectivity index (χ1) is 14.1. The zero-order valence-corrected chi connectivity index (χ0v) is 16.9. The number of carbonyl (C=O) groups is 1. The second-order valence-corrected chi connectivity index (χ2v) is 7.76.